The van der Waals surface area contributed by atoms with Gasteiger partial charge in [-0.2, -0.15) is 0 Å². The van der Waals surface area contributed by atoms with Gasteiger partial charge in [-0.25, -0.2) is 4.39 Å². The minimum atomic E-state index is -0.491. The van der Waals surface area contributed by atoms with Gasteiger partial charge < -0.3 is 10.6 Å². The van der Waals surface area contributed by atoms with Crippen molar-refractivity contribution in [2.45, 2.75) is 25.8 Å². The lowest BCUT2D eigenvalue weighted by Gasteiger charge is -2.30. The lowest BCUT2D eigenvalue weighted by atomic mass is 10.0. The molecule has 3 nitrogen and oxygen atoms in total. The summed E-state index contributed by atoms with van der Waals surface area (Å²) in [7, 11) is 0. The van der Waals surface area contributed by atoms with Crippen LogP contribution in [0.2, 0.25) is 0 Å². The fourth-order valence-corrected chi connectivity index (χ4v) is 1.97. The maximum atomic E-state index is 13.7. The number of nitrogens with two attached hydrogens (primary N) is 1. The van der Waals surface area contributed by atoms with E-state index in [-0.39, 0.29) is 11.7 Å². The number of benzene rings is 1. The van der Waals surface area contributed by atoms with Gasteiger partial charge in [-0.15, -0.1) is 0 Å². The molecule has 2 rings (SSSR count). The van der Waals surface area contributed by atoms with E-state index in [1.807, 2.05) is 6.92 Å². The monoisotopic (exact) mass is 222 g/mol. The molecule has 16 heavy (non-hydrogen) atoms. The summed E-state index contributed by atoms with van der Waals surface area (Å²) in [6, 6.07) is 4.38. The molecule has 4 heteroatoms. The van der Waals surface area contributed by atoms with Crippen LogP contribution in [0, 0.1) is 12.7 Å². The molecular formula is C12H15FN2O. The van der Waals surface area contributed by atoms with Crippen molar-refractivity contribution in [1.82, 2.24) is 0 Å². The molecular weight excluding hydrogens is 207 g/mol. The standard InChI is InChI=1S/C12H15FN2O/c1-8-4-5-11(9(13)7-8)15-6-2-3-10(14)12(15)16/h4-5,7,10H,2-3,6,14H2,1H3. The van der Waals surface area contributed by atoms with Crippen LogP contribution in [0.15, 0.2) is 18.2 Å². The van der Waals surface area contributed by atoms with E-state index in [2.05, 4.69) is 0 Å². The van der Waals surface area contributed by atoms with E-state index in [9.17, 15) is 9.18 Å². The Morgan fingerprint density at radius 1 is 1.50 bits per heavy atom. The first kappa shape index (κ1) is 11.1. The van der Waals surface area contributed by atoms with Gasteiger partial charge >= 0.3 is 0 Å². The number of hydrogen-bond donors (Lipinski definition) is 1. The van der Waals surface area contributed by atoms with E-state index < -0.39 is 6.04 Å². The maximum absolute atomic E-state index is 13.7. The largest absolute Gasteiger partial charge is 0.320 e. The summed E-state index contributed by atoms with van der Waals surface area (Å²) in [5, 5.41) is 0. The van der Waals surface area contributed by atoms with Crippen LogP contribution in [0.3, 0.4) is 0 Å². The van der Waals surface area contributed by atoms with Gasteiger partial charge in [0.2, 0.25) is 5.91 Å². The predicted molar refractivity (Wildman–Crippen MR) is 60.7 cm³/mol. The predicted octanol–water partition coefficient (Wildman–Crippen LogP) is 1.59. The van der Waals surface area contributed by atoms with Crippen molar-refractivity contribution in [3.8, 4) is 0 Å². The highest BCUT2D eigenvalue weighted by molar-refractivity contribution is 5.97. The zero-order valence-electron chi connectivity index (χ0n) is 9.24. The van der Waals surface area contributed by atoms with Crippen LogP contribution in [-0.4, -0.2) is 18.5 Å². The molecule has 86 valence electrons. The molecule has 1 amide bonds. The summed E-state index contributed by atoms with van der Waals surface area (Å²) in [4.78, 5) is 13.2. The van der Waals surface area contributed by atoms with E-state index in [0.29, 0.717) is 18.7 Å². The summed E-state index contributed by atoms with van der Waals surface area (Å²) in [5.74, 6) is -0.545. The first-order valence-electron chi connectivity index (χ1n) is 5.42. The zero-order valence-corrected chi connectivity index (χ0v) is 9.24. The maximum Gasteiger partial charge on any atom is 0.243 e. The molecule has 2 N–H and O–H groups in total. The number of carbonyl (C=O) groups is 1. The lowest BCUT2D eigenvalue weighted by molar-refractivity contribution is -0.120. The van der Waals surface area contributed by atoms with Crippen LogP contribution in [0.5, 0.6) is 0 Å². The molecule has 0 aromatic heterocycles. The van der Waals surface area contributed by atoms with Gasteiger partial charge in [0.05, 0.1) is 11.7 Å². The van der Waals surface area contributed by atoms with E-state index >= 15 is 0 Å². The van der Waals surface area contributed by atoms with Gasteiger partial charge in [0, 0.05) is 6.54 Å². The second-order valence-electron chi connectivity index (χ2n) is 4.19. The molecule has 1 saturated heterocycles. The SMILES string of the molecule is Cc1ccc(N2CCCC(N)C2=O)c(F)c1. The van der Waals surface area contributed by atoms with Crippen molar-refractivity contribution in [2.24, 2.45) is 5.73 Å². The van der Waals surface area contributed by atoms with E-state index in [1.54, 1.807) is 12.1 Å². The number of piperidine rings is 1. The molecule has 1 unspecified atom stereocenters. The van der Waals surface area contributed by atoms with Crippen LogP contribution in [0.25, 0.3) is 0 Å². The first-order valence-corrected chi connectivity index (χ1v) is 5.42. The van der Waals surface area contributed by atoms with Crippen molar-refractivity contribution < 1.29 is 9.18 Å². The smallest absolute Gasteiger partial charge is 0.243 e. The molecule has 1 fully saturated rings. The molecule has 0 aliphatic carbocycles. The highest BCUT2D eigenvalue weighted by atomic mass is 19.1. The number of rotatable bonds is 1. The normalized spacial score (nSPS) is 21.3. The molecule has 0 bridgehead atoms. The number of hydrogen-bond acceptors (Lipinski definition) is 2. The minimum Gasteiger partial charge on any atom is -0.320 e. The van der Waals surface area contributed by atoms with E-state index in [1.165, 1.54) is 11.0 Å². The van der Waals surface area contributed by atoms with E-state index in [0.717, 1.165) is 12.0 Å². The second-order valence-corrected chi connectivity index (χ2v) is 4.19. The molecule has 0 radical (unpaired) electrons. The molecule has 1 aromatic carbocycles. The third kappa shape index (κ3) is 1.93. The Kier molecular flexibility index (Phi) is 2.92. The highest BCUT2D eigenvalue weighted by Crippen LogP contribution is 2.24. The first-order chi connectivity index (χ1) is 7.59. The summed E-state index contributed by atoms with van der Waals surface area (Å²) in [5.41, 5.74) is 6.85. The summed E-state index contributed by atoms with van der Waals surface area (Å²) < 4.78 is 13.7. The molecule has 1 aliphatic heterocycles. The molecule has 1 heterocycles. The topological polar surface area (TPSA) is 46.3 Å². The Morgan fingerprint density at radius 3 is 2.94 bits per heavy atom. The fraction of sp³-hybridized carbons (Fsp3) is 0.417. The Balaban J connectivity index is 2.32. The van der Waals surface area contributed by atoms with Gasteiger partial charge in [0.15, 0.2) is 0 Å². The summed E-state index contributed by atoms with van der Waals surface area (Å²) in [6.45, 7) is 2.36. The van der Waals surface area contributed by atoms with Crippen LogP contribution < -0.4 is 10.6 Å². The van der Waals surface area contributed by atoms with Crippen molar-refractivity contribution in [3.63, 3.8) is 0 Å². The summed E-state index contributed by atoms with van der Waals surface area (Å²) in [6.07, 6.45) is 1.50. The minimum absolute atomic E-state index is 0.186. The van der Waals surface area contributed by atoms with Gasteiger partial charge in [-0.1, -0.05) is 6.07 Å². The fourth-order valence-electron chi connectivity index (χ4n) is 1.97. The number of amides is 1. The number of nitrogens with zero attached hydrogens (tertiary/aromatic N) is 1. The highest BCUT2D eigenvalue weighted by Gasteiger charge is 2.28. The van der Waals surface area contributed by atoms with Crippen LogP contribution in [0.4, 0.5) is 10.1 Å². The second kappa shape index (κ2) is 4.22. The number of anilines is 1. The number of aryl methyl sites for hydroxylation is 1. The van der Waals surface area contributed by atoms with Crippen molar-refractivity contribution in [3.05, 3.63) is 29.6 Å². The third-order valence-electron chi connectivity index (χ3n) is 2.87. The molecule has 1 aliphatic rings. The Morgan fingerprint density at radius 2 is 2.25 bits per heavy atom. The average Bonchev–Trinajstić information content (AvgIpc) is 2.23. The van der Waals surface area contributed by atoms with Crippen LogP contribution in [-0.2, 0) is 4.79 Å². The van der Waals surface area contributed by atoms with Crippen molar-refractivity contribution in [2.75, 3.05) is 11.4 Å². The van der Waals surface area contributed by atoms with Crippen molar-refractivity contribution in [1.29, 1.82) is 0 Å². The van der Waals surface area contributed by atoms with Crippen molar-refractivity contribution >= 4 is 11.6 Å². The van der Waals surface area contributed by atoms with Crippen LogP contribution in [0.1, 0.15) is 18.4 Å². The van der Waals surface area contributed by atoms with Gasteiger partial charge in [0.25, 0.3) is 0 Å². The number of halogens is 1. The summed E-state index contributed by atoms with van der Waals surface area (Å²) >= 11 is 0. The molecule has 0 spiro atoms. The van der Waals surface area contributed by atoms with Gasteiger partial charge in [-0.3, -0.25) is 4.79 Å². The van der Waals surface area contributed by atoms with Crippen LogP contribution >= 0.6 is 0 Å². The Bertz CT molecular complexity index is 419. The molecule has 1 atom stereocenters. The lowest BCUT2D eigenvalue weighted by Crippen LogP contribution is -2.48. The van der Waals surface area contributed by atoms with Gasteiger partial charge in [-0.05, 0) is 37.5 Å². The Labute approximate surface area is 94.0 Å². The number of carbonyl (C=O) groups excluding carboxylic acids is 1. The quantitative estimate of drug-likeness (QED) is 0.784. The zero-order chi connectivity index (χ0) is 11.7. The average molecular weight is 222 g/mol. The molecule has 0 saturated carbocycles. The van der Waals surface area contributed by atoms with Gasteiger partial charge in [0.1, 0.15) is 5.82 Å². The third-order valence-corrected chi connectivity index (χ3v) is 2.87. The Hall–Kier alpha value is -1.42. The molecule has 1 aromatic rings. The van der Waals surface area contributed by atoms with E-state index in [4.69, 9.17) is 5.73 Å².